The van der Waals surface area contributed by atoms with Crippen molar-refractivity contribution in [2.24, 2.45) is 0 Å². The molecule has 0 saturated carbocycles. The number of imide groups is 2. The molecule has 0 bridgehead atoms. The lowest BCUT2D eigenvalue weighted by Crippen LogP contribution is -2.29. The number of anilines is 4. The van der Waals surface area contributed by atoms with Crippen LogP contribution in [0.25, 0.3) is 0 Å². The van der Waals surface area contributed by atoms with Gasteiger partial charge < -0.3 is 20.1 Å². The number of ether oxygens (including phenoxy) is 2. The maximum absolute atomic E-state index is 13.5. The fourth-order valence-corrected chi connectivity index (χ4v) is 8.66. The Morgan fingerprint density at radius 2 is 0.781 bits per heavy atom. The summed E-state index contributed by atoms with van der Waals surface area (Å²) >= 11 is 0. The van der Waals surface area contributed by atoms with Gasteiger partial charge in [0.1, 0.15) is 23.0 Å². The number of fused-ring (bicyclic) bond motifs is 2. The molecule has 352 valence electrons. The Balaban J connectivity index is 0.737. The normalized spacial score (nSPS) is 12.7. The van der Waals surface area contributed by atoms with E-state index < -0.39 is 40.9 Å². The average Bonchev–Trinajstić information content (AvgIpc) is 3.82. The summed E-state index contributed by atoms with van der Waals surface area (Å²) < 4.78 is 12.3. The summed E-state index contributed by atoms with van der Waals surface area (Å²) in [6.07, 6.45) is 11.0. The predicted octanol–water partition coefficient (Wildman–Crippen LogP) is 11.7. The molecule has 0 aromatic heterocycles. The second-order valence-electron chi connectivity index (χ2n) is 17.6. The fourth-order valence-electron chi connectivity index (χ4n) is 8.66. The first-order chi connectivity index (χ1) is 35.3. The minimum atomic E-state index is -0.542. The number of benzene rings is 8. The molecule has 2 aliphatic rings. The molecule has 6 amide bonds. The van der Waals surface area contributed by atoms with E-state index in [-0.39, 0.29) is 33.4 Å². The van der Waals surface area contributed by atoms with Gasteiger partial charge in [-0.05, 0) is 157 Å². The zero-order valence-electron chi connectivity index (χ0n) is 39.1. The Labute approximate surface area is 419 Å². The standard InChI is InChI=1S/C61H40N4O8/c1-5-37-9-7-11-43(33-37)62-55(66)39-13-31-51-53(35-39)59(70)64(57(51)68)45-19-27-49(28-20-45)72-47-23-15-41(16-24-47)61(3,4)42-17-25-48(26-18-42)73-50-29-21-46(22-30-50)65-58(69)52-32-14-40(36-54(52)60(65)71)56(67)63-44-12-8-10-38(6-2)34-44/h1-2,7-36H,3-4H3,(H,62,66)(H,63,67). The van der Waals surface area contributed by atoms with Crippen LogP contribution in [0.3, 0.4) is 0 Å². The second-order valence-corrected chi connectivity index (χ2v) is 17.6. The van der Waals surface area contributed by atoms with Crippen LogP contribution in [0.4, 0.5) is 22.7 Å². The lowest BCUT2D eigenvalue weighted by molar-refractivity contribution is 0.0910. The molecule has 8 aromatic carbocycles. The molecule has 0 unspecified atom stereocenters. The van der Waals surface area contributed by atoms with Gasteiger partial charge in [-0.1, -0.05) is 62.1 Å². The Morgan fingerprint density at radius 1 is 0.438 bits per heavy atom. The lowest BCUT2D eigenvalue weighted by atomic mass is 9.78. The van der Waals surface area contributed by atoms with Crippen LogP contribution in [0.2, 0.25) is 0 Å². The minimum absolute atomic E-state index is 0.127. The zero-order chi connectivity index (χ0) is 51.0. The summed E-state index contributed by atoms with van der Waals surface area (Å²) in [5.74, 6) is 4.24. The minimum Gasteiger partial charge on any atom is -0.457 e. The van der Waals surface area contributed by atoms with Crippen molar-refractivity contribution in [1.82, 2.24) is 0 Å². The maximum Gasteiger partial charge on any atom is 0.266 e. The van der Waals surface area contributed by atoms with Gasteiger partial charge in [0.15, 0.2) is 0 Å². The van der Waals surface area contributed by atoms with Crippen molar-refractivity contribution >= 4 is 58.2 Å². The van der Waals surface area contributed by atoms with Crippen molar-refractivity contribution in [3.05, 3.63) is 238 Å². The Morgan fingerprint density at radius 3 is 1.14 bits per heavy atom. The number of amides is 6. The largest absolute Gasteiger partial charge is 0.457 e. The summed E-state index contributed by atoms with van der Waals surface area (Å²) in [7, 11) is 0. The van der Waals surface area contributed by atoms with Crippen molar-refractivity contribution < 1.29 is 38.2 Å². The SMILES string of the molecule is C#Cc1cccc(NC(=O)c2ccc3c(c2)C(=O)N(c2ccc(Oc4ccc(C(C)(C)c5ccc(Oc6ccc(N7C(=O)c8ccc(C(=O)Nc9cccc(C#C)c9)cc8C7=O)cc6)cc5)cc4)cc2)C3=O)c1. The molecule has 12 heteroatoms. The van der Waals surface area contributed by atoms with Gasteiger partial charge in [0.2, 0.25) is 0 Å². The van der Waals surface area contributed by atoms with Crippen LogP contribution < -0.4 is 29.9 Å². The molecule has 10 rings (SSSR count). The van der Waals surface area contributed by atoms with Gasteiger partial charge in [-0.25, -0.2) is 9.80 Å². The van der Waals surface area contributed by atoms with Crippen molar-refractivity contribution in [2.75, 3.05) is 20.4 Å². The van der Waals surface area contributed by atoms with E-state index in [0.717, 1.165) is 20.9 Å². The number of rotatable bonds is 12. The number of nitrogens with one attached hydrogen (secondary N) is 2. The third kappa shape index (κ3) is 9.07. The molecule has 0 atom stereocenters. The monoisotopic (exact) mass is 956 g/mol. The van der Waals surface area contributed by atoms with Crippen LogP contribution in [0.1, 0.15) is 98.2 Å². The molecule has 73 heavy (non-hydrogen) atoms. The van der Waals surface area contributed by atoms with Gasteiger partial charge in [0, 0.05) is 39.0 Å². The molecular formula is C61H40N4O8. The Kier molecular flexibility index (Phi) is 12.0. The summed E-state index contributed by atoms with van der Waals surface area (Å²) in [4.78, 5) is 82.1. The number of carbonyl (C=O) groups is 6. The van der Waals surface area contributed by atoms with Crippen LogP contribution in [-0.2, 0) is 5.41 Å². The van der Waals surface area contributed by atoms with Crippen LogP contribution in [-0.4, -0.2) is 35.4 Å². The highest BCUT2D eigenvalue weighted by molar-refractivity contribution is 6.35. The highest BCUT2D eigenvalue weighted by atomic mass is 16.5. The first-order valence-corrected chi connectivity index (χ1v) is 22.9. The number of hydrogen-bond donors (Lipinski definition) is 2. The topological polar surface area (TPSA) is 151 Å². The molecule has 0 radical (unpaired) electrons. The fraction of sp³-hybridized carbons (Fsp3) is 0.0492. The van der Waals surface area contributed by atoms with E-state index in [1.165, 1.54) is 36.4 Å². The Bertz CT molecular complexity index is 3440. The lowest BCUT2D eigenvalue weighted by Gasteiger charge is -2.26. The first kappa shape index (κ1) is 46.4. The van der Waals surface area contributed by atoms with E-state index in [1.54, 1.807) is 97.1 Å². The predicted molar refractivity (Wildman–Crippen MR) is 278 cm³/mol. The molecule has 2 aliphatic heterocycles. The van der Waals surface area contributed by atoms with Crippen molar-refractivity contribution in [1.29, 1.82) is 0 Å². The quantitative estimate of drug-likeness (QED) is 0.0907. The van der Waals surface area contributed by atoms with Crippen LogP contribution in [0.5, 0.6) is 23.0 Å². The number of hydrogen-bond acceptors (Lipinski definition) is 8. The molecule has 0 spiro atoms. The van der Waals surface area contributed by atoms with Crippen molar-refractivity contribution in [3.8, 4) is 47.7 Å². The first-order valence-electron chi connectivity index (χ1n) is 22.9. The van der Waals surface area contributed by atoms with Crippen molar-refractivity contribution in [3.63, 3.8) is 0 Å². The van der Waals surface area contributed by atoms with Gasteiger partial charge in [0.05, 0.1) is 33.6 Å². The zero-order valence-corrected chi connectivity index (χ0v) is 39.1. The average molecular weight is 957 g/mol. The summed E-state index contributed by atoms with van der Waals surface area (Å²) in [5.41, 5.74) is 5.67. The molecule has 2 heterocycles. The van der Waals surface area contributed by atoms with Gasteiger partial charge in [0.25, 0.3) is 35.4 Å². The molecular weight excluding hydrogens is 917 g/mol. The smallest absolute Gasteiger partial charge is 0.266 e. The molecule has 2 N–H and O–H groups in total. The van der Waals surface area contributed by atoms with E-state index >= 15 is 0 Å². The highest BCUT2D eigenvalue weighted by Crippen LogP contribution is 2.37. The third-order valence-corrected chi connectivity index (χ3v) is 12.7. The molecule has 12 nitrogen and oxygen atoms in total. The van der Waals surface area contributed by atoms with E-state index in [4.69, 9.17) is 22.3 Å². The molecule has 0 fully saturated rings. The van der Waals surface area contributed by atoms with Crippen molar-refractivity contribution in [2.45, 2.75) is 19.3 Å². The van der Waals surface area contributed by atoms with Gasteiger partial charge >= 0.3 is 0 Å². The van der Waals surface area contributed by atoms with Gasteiger partial charge in [-0.2, -0.15) is 0 Å². The van der Waals surface area contributed by atoms with Gasteiger partial charge in [-0.15, -0.1) is 12.8 Å². The molecule has 0 aliphatic carbocycles. The van der Waals surface area contributed by atoms with Crippen LogP contribution in [0.15, 0.2) is 182 Å². The summed E-state index contributed by atoms with van der Waals surface area (Å²) in [6, 6.07) is 51.2. The molecule has 8 aromatic rings. The second kappa shape index (κ2) is 18.9. The van der Waals surface area contributed by atoms with E-state index in [9.17, 15) is 28.8 Å². The third-order valence-electron chi connectivity index (χ3n) is 12.7. The Hall–Kier alpha value is -10.3. The van der Waals surface area contributed by atoms with E-state index in [0.29, 0.717) is 56.9 Å². The van der Waals surface area contributed by atoms with E-state index in [2.05, 4.69) is 36.3 Å². The maximum atomic E-state index is 13.5. The number of terminal acetylenes is 2. The van der Waals surface area contributed by atoms with Crippen LogP contribution in [0, 0.1) is 24.7 Å². The number of nitrogens with zero attached hydrogens (tertiary/aromatic N) is 2. The summed E-state index contributed by atoms with van der Waals surface area (Å²) in [5, 5.41) is 5.56. The number of carbonyl (C=O) groups excluding carboxylic acids is 6. The van der Waals surface area contributed by atoms with Crippen LogP contribution >= 0.6 is 0 Å². The summed E-state index contributed by atoms with van der Waals surface area (Å²) in [6.45, 7) is 4.22. The highest BCUT2D eigenvalue weighted by Gasteiger charge is 2.39. The van der Waals surface area contributed by atoms with E-state index in [1.807, 2.05) is 48.5 Å². The van der Waals surface area contributed by atoms with Gasteiger partial charge in [-0.3, -0.25) is 28.8 Å². The molecule has 0 saturated heterocycles.